The van der Waals surface area contributed by atoms with Crippen molar-refractivity contribution in [3.05, 3.63) is 70.2 Å². The Morgan fingerprint density at radius 2 is 1.64 bits per heavy atom. The zero-order chi connectivity index (χ0) is 21.3. The molecule has 2 N–H and O–H groups in total. The average molecular weight is 434 g/mol. The first-order valence-corrected chi connectivity index (χ1v) is 10.1. The molecule has 2 aromatic carbocycles. The molecule has 0 saturated heterocycles. The Labute approximate surface area is 170 Å². The number of nitrogens with one attached hydrogen (secondary N) is 1. The fraction of sp³-hybridized carbons (Fsp3) is 0.400. The third kappa shape index (κ3) is 4.76. The van der Waals surface area contributed by atoms with Crippen LogP contribution in [0.15, 0.2) is 48.5 Å². The lowest BCUT2D eigenvalue weighted by atomic mass is 9.82. The number of hydrogen-bond acceptors (Lipinski definition) is 2. The van der Waals surface area contributed by atoms with E-state index in [0.29, 0.717) is 0 Å². The van der Waals surface area contributed by atoms with Gasteiger partial charge in [0, 0.05) is 5.02 Å². The molecule has 0 saturated carbocycles. The van der Waals surface area contributed by atoms with Crippen LogP contribution in [0.4, 0.5) is 13.2 Å². The van der Waals surface area contributed by atoms with Gasteiger partial charge in [0.05, 0.1) is 21.8 Å². The molecule has 28 heavy (non-hydrogen) atoms. The molecular formula is C20H23ClF3NO2S. The first kappa shape index (κ1) is 22.9. The van der Waals surface area contributed by atoms with E-state index in [1.807, 2.05) is 0 Å². The van der Waals surface area contributed by atoms with Gasteiger partial charge in [0.25, 0.3) is 0 Å². The zero-order valence-electron chi connectivity index (χ0n) is 16.0. The van der Waals surface area contributed by atoms with E-state index in [1.54, 1.807) is 39.8 Å². The summed E-state index contributed by atoms with van der Waals surface area (Å²) < 4.78 is 57.1. The van der Waals surface area contributed by atoms with Crippen LogP contribution in [-0.4, -0.2) is 20.2 Å². The lowest BCUT2D eigenvalue weighted by Crippen LogP contribution is -2.53. The summed E-state index contributed by atoms with van der Waals surface area (Å²) in [6.45, 7) is 6.70. The maximum Gasteiger partial charge on any atom is 0.423 e. The number of rotatable bonds is 5. The second-order valence-corrected chi connectivity index (χ2v) is 10.1. The molecule has 0 aliphatic rings. The van der Waals surface area contributed by atoms with Crippen molar-refractivity contribution < 1.29 is 22.5 Å². The van der Waals surface area contributed by atoms with E-state index in [9.17, 15) is 22.5 Å². The normalized spacial score (nSPS) is 17.0. The fourth-order valence-corrected chi connectivity index (χ4v) is 3.72. The van der Waals surface area contributed by atoms with Crippen molar-refractivity contribution in [2.75, 3.05) is 0 Å². The monoisotopic (exact) mass is 433 g/mol. The Hall–Kier alpha value is -1.41. The lowest BCUT2D eigenvalue weighted by Gasteiger charge is -2.39. The third-order valence-electron chi connectivity index (χ3n) is 4.31. The highest BCUT2D eigenvalue weighted by atomic mass is 35.5. The second kappa shape index (κ2) is 8.14. The minimum atomic E-state index is -5.07. The highest BCUT2D eigenvalue weighted by Crippen LogP contribution is 2.48. The third-order valence-corrected chi connectivity index (χ3v) is 6.10. The average Bonchev–Trinajstić information content (AvgIpc) is 2.58. The van der Waals surface area contributed by atoms with Crippen LogP contribution in [0.1, 0.15) is 43.5 Å². The molecule has 0 aliphatic heterocycles. The van der Waals surface area contributed by atoms with Gasteiger partial charge in [-0.1, -0.05) is 53.6 Å². The van der Waals surface area contributed by atoms with Crippen molar-refractivity contribution in [1.82, 2.24) is 4.72 Å². The van der Waals surface area contributed by atoms with Gasteiger partial charge in [0.15, 0.2) is 0 Å². The molecule has 0 aromatic heterocycles. The van der Waals surface area contributed by atoms with Gasteiger partial charge in [0.2, 0.25) is 5.60 Å². The summed E-state index contributed by atoms with van der Waals surface area (Å²) in [5.74, 6) is 0. The van der Waals surface area contributed by atoms with E-state index in [-0.39, 0.29) is 10.6 Å². The highest BCUT2D eigenvalue weighted by Gasteiger charge is 2.61. The molecule has 0 heterocycles. The van der Waals surface area contributed by atoms with Crippen molar-refractivity contribution in [1.29, 1.82) is 0 Å². The molecule has 154 valence electrons. The Kier molecular flexibility index (Phi) is 6.65. The molecule has 0 radical (unpaired) electrons. The van der Waals surface area contributed by atoms with Crippen molar-refractivity contribution in [3.8, 4) is 0 Å². The Morgan fingerprint density at radius 3 is 2.11 bits per heavy atom. The van der Waals surface area contributed by atoms with Crippen LogP contribution < -0.4 is 4.72 Å². The molecule has 1 unspecified atom stereocenters. The predicted molar refractivity (Wildman–Crippen MR) is 106 cm³/mol. The van der Waals surface area contributed by atoms with Gasteiger partial charge < -0.3 is 5.11 Å². The number of hydrogen-bond donors (Lipinski definition) is 2. The first-order chi connectivity index (χ1) is 12.8. The maximum atomic E-state index is 14.3. The smallest absolute Gasteiger partial charge is 0.375 e. The van der Waals surface area contributed by atoms with Gasteiger partial charge >= 0.3 is 6.18 Å². The van der Waals surface area contributed by atoms with Gasteiger partial charge in [-0.3, -0.25) is 0 Å². The fourth-order valence-electron chi connectivity index (χ4n) is 2.66. The van der Waals surface area contributed by atoms with Gasteiger partial charge in [-0.25, -0.2) is 8.93 Å². The maximum absolute atomic E-state index is 14.3. The topological polar surface area (TPSA) is 49.3 Å². The summed E-state index contributed by atoms with van der Waals surface area (Å²) in [4.78, 5) is 0. The molecule has 3 nitrogen and oxygen atoms in total. The van der Waals surface area contributed by atoms with Crippen LogP contribution in [0.2, 0.25) is 5.02 Å². The first-order valence-electron chi connectivity index (χ1n) is 8.56. The lowest BCUT2D eigenvalue weighted by molar-refractivity contribution is -0.277. The van der Waals surface area contributed by atoms with Crippen molar-refractivity contribution in [2.45, 2.75) is 50.3 Å². The molecule has 0 fully saturated rings. The van der Waals surface area contributed by atoms with E-state index >= 15 is 0 Å². The van der Waals surface area contributed by atoms with E-state index in [1.165, 1.54) is 24.3 Å². The summed E-state index contributed by atoms with van der Waals surface area (Å²) >= 11 is 5.89. The molecule has 8 heteroatoms. The molecule has 2 aromatic rings. The van der Waals surface area contributed by atoms with E-state index < -0.39 is 39.1 Å². The minimum absolute atomic E-state index is 0.0553. The molecule has 0 spiro atoms. The van der Waals surface area contributed by atoms with Crippen LogP contribution in [0.5, 0.6) is 0 Å². The van der Waals surface area contributed by atoms with Gasteiger partial charge in [-0.05, 0) is 51.0 Å². The number of halogens is 4. The van der Waals surface area contributed by atoms with Crippen LogP contribution in [0, 0.1) is 6.92 Å². The number of aliphatic hydroxyl groups is 1. The number of aryl methyl sites for hydroxylation is 1. The Morgan fingerprint density at radius 1 is 1.07 bits per heavy atom. The van der Waals surface area contributed by atoms with Gasteiger partial charge in [-0.15, -0.1) is 0 Å². The van der Waals surface area contributed by atoms with E-state index in [0.717, 1.165) is 17.7 Å². The standard InChI is InChI=1S/C20H23ClF3NO2S/c1-13-8-10-14(11-9-13)17(25-28(27)18(2,3)4)19(26,20(22,23)24)15-6-5-7-16(21)12-15/h5-12,17,25-26H,1-4H3/t17-,19+,28?/m0/s1. The Bertz CT molecular complexity index is 850. The molecule has 0 bridgehead atoms. The summed E-state index contributed by atoms with van der Waals surface area (Å²) in [6, 6.07) is 9.50. The van der Waals surface area contributed by atoms with Gasteiger partial charge in [-0.2, -0.15) is 13.2 Å². The van der Waals surface area contributed by atoms with Crippen molar-refractivity contribution in [2.24, 2.45) is 0 Å². The Balaban J connectivity index is 2.71. The number of alkyl halides is 3. The number of benzene rings is 2. The summed E-state index contributed by atoms with van der Waals surface area (Å²) in [5.41, 5.74) is -2.79. The highest BCUT2D eigenvalue weighted by molar-refractivity contribution is 7.84. The SMILES string of the molecule is Cc1ccc([C@H](NS(=O)C(C)(C)C)[C@](O)(c2cccc(Cl)c2)C(F)(F)F)cc1. The summed E-state index contributed by atoms with van der Waals surface area (Å²) in [5, 5.41) is 11.1. The quantitative estimate of drug-likeness (QED) is 0.681. The molecule has 2 rings (SSSR count). The molecule has 0 aliphatic carbocycles. The summed E-state index contributed by atoms with van der Waals surface area (Å²) in [7, 11) is -1.88. The van der Waals surface area contributed by atoms with Crippen LogP contribution >= 0.6 is 11.6 Å². The molecular weight excluding hydrogens is 411 g/mol. The van der Waals surface area contributed by atoms with Gasteiger partial charge in [0.1, 0.15) is 0 Å². The molecule has 3 atom stereocenters. The van der Waals surface area contributed by atoms with Crippen molar-refractivity contribution >= 4 is 22.6 Å². The zero-order valence-corrected chi connectivity index (χ0v) is 17.5. The van der Waals surface area contributed by atoms with E-state index in [2.05, 4.69) is 4.72 Å². The van der Waals surface area contributed by atoms with Crippen LogP contribution in [0.3, 0.4) is 0 Å². The second-order valence-electron chi connectivity index (χ2n) is 7.62. The van der Waals surface area contributed by atoms with Crippen LogP contribution in [-0.2, 0) is 16.6 Å². The largest absolute Gasteiger partial charge is 0.423 e. The molecule has 0 amide bonds. The van der Waals surface area contributed by atoms with Crippen molar-refractivity contribution in [3.63, 3.8) is 0 Å². The summed E-state index contributed by atoms with van der Waals surface area (Å²) in [6.07, 6.45) is -5.07. The van der Waals surface area contributed by atoms with Crippen LogP contribution in [0.25, 0.3) is 0 Å². The van der Waals surface area contributed by atoms with E-state index in [4.69, 9.17) is 11.6 Å². The predicted octanol–water partition coefficient (Wildman–Crippen LogP) is 5.19. The minimum Gasteiger partial charge on any atom is -0.375 e.